The fraction of sp³-hybridized carbons (Fsp3) is 0.235. The Morgan fingerprint density at radius 3 is 2.52 bits per heavy atom. The summed E-state index contributed by atoms with van der Waals surface area (Å²) in [4.78, 5) is 22.4. The molecule has 0 aliphatic heterocycles. The SMILES string of the molecule is CC(C)COc1ccc(C(=O)Nc2cccc([N+](=O)[O-])c2)cc1. The number of non-ortho nitro benzene ring substituents is 1. The number of carbonyl (C=O) groups is 1. The van der Waals surface area contributed by atoms with Gasteiger partial charge in [-0.3, -0.25) is 14.9 Å². The van der Waals surface area contributed by atoms with Gasteiger partial charge in [-0.15, -0.1) is 0 Å². The molecule has 1 N–H and O–H groups in total. The first-order valence-corrected chi connectivity index (χ1v) is 7.24. The van der Waals surface area contributed by atoms with Gasteiger partial charge in [0, 0.05) is 23.4 Å². The van der Waals surface area contributed by atoms with Crippen molar-refractivity contribution in [2.75, 3.05) is 11.9 Å². The van der Waals surface area contributed by atoms with E-state index in [-0.39, 0.29) is 11.6 Å². The zero-order valence-electron chi connectivity index (χ0n) is 13.0. The van der Waals surface area contributed by atoms with Gasteiger partial charge in [0.05, 0.1) is 11.5 Å². The van der Waals surface area contributed by atoms with Crippen molar-refractivity contribution in [2.45, 2.75) is 13.8 Å². The number of carbonyl (C=O) groups excluding carboxylic acids is 1. The fourth-order valence-electron chi connectivity index (χ4n) is 1.87. The maximum absolute atomic E-state index is 12.2. The Morgan fingerprint density at radius 1 is 1.22 bits per heavy atom. The van der Waals surface area contributed by atoms with E-state index in [9.17, 15) is 14.9 Å². The highest BCUT2D eigenvalue weighted by Crippen LogP contribution is 2.19. The third-order valence-electron chi connectivity index (χ3n) is 3.01. The van der Waals surface area contributed by atoms with Gasteiger partial charge in [-0.25, -0.2) is 0 Å². The van der Waals surface area contributed by atoms with Crippen LogP contribution in [0.5, 0.6) is 5.75 Å². The topological polar surface area (TPSA) is 81.5 Å². The zero-order chi connectivity index (χ0) is 16.8. The van der Waals surface area contributed by atoms with E-state index >= 15 is 0 Å². The summed E-state index contributed by atoms with van der Waals surface area (Å²) < 4.78 is 5.56. The van der Waals surface area contributed by atoms with Crippen LogP contribution in [-0.4, -0.2) is 17.4 Å². The zero-order valence-corrected chi connectivity index (χ0v) is 13.0. The second-order valence-corrected chi connectivity index (χ2v) is 5.49. The molecule has 2 aromatic carbocycles. The number of nitro benzene ring substituents is 1. The van der Waals surface area contributed by atoms with Crippen LogP contribution in [0, 0.1) is 16.0 Å². The number of nitrogens with zero attached hydrogens (tertiary/aromatic N) is 1. The molecule has 6 heteroatoms. The molecule has 0 bridgehead atoms. The highest BCUT2D eigenvalue weighted by atomic mass is 16.6. The molecule has 0 aliphatic rings. The molecule has 0 spiro atoms. The lowest BCUT2D eigenvalue weighted by Crippen LogP contribution is -2.12. The first-order valence-electron chi connectivity index (χ1n) is 7.24. The molecule has 120 valence electrons. The Hall–Kier alpha value is -2.89. The van der Waals surface area contributed by atoms with Crippen LogP contribution in [0.2, 0.25) is 0 Å². The van der Waals surface area contributed by atoms with Crippen LogP contribution in [0.1, 0.15) is 24.2 Å². The van der Waals surface area contributed by atoms with Gasteiger partial charge in [0.15, 0.2) is 0 Å². The van der Waals surface area contributed by atoms with E-state index in [1.807, 2.05) is 0 Å². The molecule has 0 atom stereocenters. The first kappa shape index (κ1) is 16.5. The summed E-state index contributed by atoms with van der Waals surface area (Å²) in [5.74, 6) is 0.790. The maximum atomic E-state index is 12.2. The van der Waals surface area contributed by atoms with Gasteiger partial charge in [0.25, 0.3) is 11.6 Å². The fourth-order valence-corrected chi connectivity index (χ4v) is 1.87. The van der Waals surface area contributed by atoms with E-state index in [1.54, 1.807) is 30.3 Å². The molecular weight excluding hydrogens is 296 g/mol. The van der Waals surface area contributed by atoms with Crippen LogP contribution in [0.4, 0.5) is 11.4 Å². The van der Waals surface area contributed by atoms with E-state index in [1.165, 1.54) is 18.2 Å². The van der Waals surface area contributed by atoms with Crippen LogP contribution < -0.4 is 10.1 Å². The Morgan fingerprint density at radius 2 is 1.91 bits per heavy atom. The largest absolute Gasteiger partial charge is 0.493 e. The maximum Gasteiger partial charge on any atom is 0.271 e. The highest BCUT2D eigenvalue weighted by Gasteiger charge is 2.10. The number of hydrogen-bond acceptors (Lipinski definition) is 4. The van der Waals surface area contributed by atoms with Crippen LogP contribution in [0.3, 0.4) is 0 Å². The van der Waals surface area contributed by atoms with Crippen LogP contribution in [0.25, 0.3) is 0 Å². The van der Waals surface area contributed by atoms with Gasteiger partial charge in [-0.1, -0.05) is 19.9 Å². The Labute approximate surface area is 134 Å². The molecule has 6 nitrogen and oxygen atoms in total. The van der Waals surface area contributed by atoms with Crippen molar-refractivity contribution < 1.29 is 14.5 Å². The van der Waals surface area contributed by atoms with Crippen LogP contribution in [-0.2, 0) is 0 Å². The first-order chi connectivity index (χ1) is 11.0. The van der Waals surface area contributed by atoms with Crippen molar-refractivity contribution >= 4 is 17.3 Å². The lowest BCUT2D eigenvalue weighted by Gasteiger charge is -2.09. The van der Waals surface area contributed by atoms with E-state index in [4.69, 9.17) is 4.74 Å². The van der Waals surface area contributed by atoms with Crippen LogP contribution >= 0.6 is 0 Å². The third-order valence-corrected chi connectivity index (χ3v) is 3.01. The van der Waals surface area contributed by atoms with Crippen molar-refractivity contribution in [2.24, 2.45) is 5.92 Å². The second-order valence-electron chi connectivity index (χ2n) is 5.49. The number of nitrogens with one attached hydrogen (secondary N) is 1. The third kappa shape index (κ3) is 4.81. The highest BCUT2D eigenvalue weighted by molar-refractivity contribution is 6.04. The van der Waals surface area contributed by atoms with Gasteiger partial charge >= 0.3 is 0 Å². The number of ether oxygens (including phenoxy) is 1. The summed E-state index contributed by atoms with van der Waals surface area (Å²) in [6.07, 6.45) is 0. The molecular formula is C17H18N2O4. The summed E-state index contributed by atoms with van der Waals surface area (Å²) >= 11 is 0. The number of hydrogen-bond donors (Lipinski definition) is 1. The minimum absolute atomic E-state index is 0.0692. The molecule has 0 aromatic heterocycles. The smallest absolute Gasteiger partial charge is 0.271 e. The van der Waals surface area contributed by atoms with Gasteiger partial charge in [-0.05, 0) is 36.2 Å². The normalized spacial score (nSPS) is 10.4. The average molecular weight is 314 g/mol. The summed E-state index contributed by atoms with van der Waals surface area (Å²) in [5.41, 5.74) is 0.762. The van der Waals surface area contributed by atoms with Gasteiger partial charge < -0.3 is 10.1 Å². The predicted molar refractivity (Wildman–Crippen MR) is 87.8 cm³/mol. The van der Waals surface area contributed by atoms with Crippen molar-refractivity contribution in [1.29, 1.82) is 0 Å². The van der Waals surface area contributed by atoms with E-state index in [0.29, 0.717) is 29.5 Å². The lowest BCUT2D eigenvalue weighted by atomic mass is 10.2. The van der Waals surface area contributed by atoms with Crippen LogP contribution in [0.15, 0.2) is 48.5 Å². The summed E-state index contributed by atoms with van der Waals surface area (Å²) in [5, 5.41) is 13.4. The molecule has 0 saturated heterocycles. The number of rotatable bonds is 6. The van der Waals surface area contributed by atoms with Crippen molar-refractivity contribution in [3.63, 3.8) is 0 Å². The average Bonchev–Trinajstić information content (AvgIpc) is 2.53. The standard InChI is InChI=1S/C17H18N2O4/c1-12(2)11-23-16-8-6-13(7-9-16)17(20)18-14-4-3-5-15(10-14)19(21)22/h3-10,12H,11H2,1-2H3,(H,18,20). The minimum atomic E-state index is -0.503. The molecule has 1 amide bonds. The Kier molecular flexibility index (Phi) is 5.30. The van der Waals surface area contributed by atoms with E-state index < -0.39 is 4.92 Å². The monoisotopic (exact) mass is 314 g/mol. The van der Waals surface area contributed by atoms with E-state index in [2.05, 4.69) is 19.2 Å². The molecule has 0 saturated carbocycles. The molecule has 0 fully saturated rings. The van der Waals surface area contributed by atoms with Gasteiger partial charge in [0.1, 0.15) is 5.75 Å². The van der Waals surface area contributed by atoms with Crippen molar-refractivity contribution in [3.8, 4) is 5.75 Å². The molecule has 23 heavy (non-hydrogen) atoms. The summed E-state index contributed by atoms with van der Waals surface area (Å²) in [6.45, 7) is 4.72. The van der Waals surface area contributed by atoms with E-state index in [0.717, 1.165) is 0 Å². The lowest BCUT2D eigenvalue weighted by molar-refractivity contribution is -0.384. The molecule has 0 aliphatic carbocycles. The quantitative estimate of drug-likeness (QED) is 0.648. The molecule has 0 heterocycles. The Bertz CT molecular complexity index is 696. The second kappa shape index (κ2) is 7.40. The van der Waals surface area contributed by atoms with Gasteiger partial charge in [-0.2, -0.15) is 0 Å². The number of amides is 1. The van der Waals surface area contributed by atoms with Crippen molar-refractivity contribution in [3.05, 3.63) is 64.2 Å². The number of anilines is 1. The predicted octanol–water partition coefficient (Wildman–Crippen LogP) is 3.88. The molecule has 0 unspecified atom stereocenters. The molecule has 0 radical (unpaired) electrons. The number of benzene rings is 2. The number of nitro groups is 1. The molecule has 2 aromatic rings. The summed E-state index contributed by atoms with van der Waals surface area (Å²) in [6, 6.07) is 12.6. The minimum Gasteiger partial charge on any atom is -0.493 e. The molecule has 2 rings (SSSR count). The Balaban J connectivity index is 2.03. The summed E-state index contributed by atoms with van der Waals surface area (Å²) in [7, 11) is 0. The van der Waals surface area contributed by atoms with Gasteiger partial charge in [0.2, 0.25) is 0 Å². The van der Waals surface area contributed by atoms with Crippen molar-refractivity contribution in [1.82, 2.24) is 0 Å².